The number of nitro groups is 1. The van der Waals surface area contributed by atoms with Crippen LogP contribution < -0.4 is 11.1 Å². The standard InChI is InChI=1S/C17H16N4O4S/c1-9-15(10(2)22)16(11-4-3-5-12(6-11)21(24)25)13(7-18)17(20-9)26-8-14(19)23/h3-6,16,20H,8H2,1-2H3,(H2,19,23)/t16-/m1/s1. The highest BCUT2D eigenvalue weighted by molar-refractivity contribution is 8.03. The minimum absolute atomic E-state index is 0.0438. The molecule has 26 heavy (non-hydrogen) atoms. The molecule has 1 atom stereocenters. The van der Waals surface area contributed by atoms with Crippen LogP contribution in [0.25, 0.3) is 0 Å². The number of nitriles is 1. The van der Waals surface area contributed by atoms with E-state index >= 15 is 0 Å². The second kappa shape index (κ2) is 7.84. The fraction of sp³-hybridized carbons (Fsp3) is 0.235. The Labute approximate surface area is 153 Å². The molecule has 1 aromatic rings. The zero-order valence-electron chi connectivity index (χ0n) is 14.1. The van der Waals surface area contributed by atoms with Gasteiger partial charge in [0.1, 0.15) is 0 Å². The van der Waals surface area contributed by atoms with Crippen LogP contribution in [0.1, 0.15) is 25.3 Å². The second-order valence-corrected chi connectivity index (χ2v) is 6.60. The van der Waals surface area contributed by atoms with Crippen LogP contribution in [-0.2, 0) is 9.59 Å². The number of Topliss-reactive ketones (excluding diaryl/α,β-unsaturated/α-hetero) is 1. The van der Waals surface area contributed by atoms with E-state index in [-0.39, 0.29) is 22.8 Å². The van der Waals surface area contributed by atoms with E-state index < -0.39 is 16.7 Å². The number of nitrogens with one attached hydrogen (secondary N) is 1. The quantitative estimate of drug-likeness (QED) is 0.575. The maximum Gasteiger partial charge on any atom is 0.269 e. The minimum atomic E-state index is -0.756. The molecule has 1 heterocycles. The van der Waals surface area contributed by atoms with E-state index in [0.29, 0.717) is 21.9 Å². The highest BCUT2D eigenvalue weighted by atomic mass is 32.2. The van der Waals surface area contributed by atoms with Crippen molar-refractivity contribution in [3.63, 3.8) is 0 Å². The molecule has 3 N–H and O–H groups in total. The predicted molar refractivity (Wildman–Crippen MR) is 96.6 cm³/mol. The van der Waals surface area contributed by atoms with E-state index in [2.05, 4.69) is 11.4 Å². The van der Waals surface area contributed by atoms with Gasteiger partial charge >= 0.3 is 0 Å². The molecular weight excluding hydrogens is 356 g/mol. The average molecular weight is 372 g/mol. The van der Waals surface area contributed by atoms with Crippen LogP contribution in [0.4, 0.5) is 5.69 Å². The monoisotopic (exact) mass is 372 g/mol. The molecule has 1 aliphatic heterocycles. The van der Waals surface area contributed by atoms with Crippen molar-refractivity contribution in [2.45, 2.75) is 19.8 Å². The molecule has 0 aromatic heterocycles. The number of nitrogens with zero attached hydrogens (tertiary/aromatic N) is 2. The van der Waals surface area contributed by atoms with Crippen molar-refractivity contribution in [1.29, 1.82) is 5.26 Å². The fourth-order valence-electron chi connectivity index (χ4n) is 2.79. The molecule has 1 aliphatic rings. The van der Waals surface area contributed by atoms with Gasteiger partial charge in [0.05, 0.1) is 33.3 Å². The molecule has 134 valence electrons. The summed E-state index contributed by atoms with van der Waals surface area (Å²) in [6.45, 7) is 3.06. The average Bonchev–Trinajstić information content (AvgIpc) is 2.58. The number of rotatable bonds is 6. The Hall–Kier alpha value is -3.12. The molecule has 0 saturated heterocycles. The number of carbonyl (C=O) groups excluding carboxylic acids is 2. The molecule has 8 nitrogen and oxygen atoms in total. The number of nitrogens with two attached hydrogens (primary N) is 1. The normalized spacial score (nSPS) is 16.7. The van der Waals surface area contributed by atoms with Crippen LogP contribution in [0.15, 0.2) is 46.1 Å². The van der Waals surface area contributed by atoms with Gasteiger partial charge in [-0.15, -0.1) is 0 Å². The Bertz CT molecular complexity index is 898. The van der Waals surface area contributed by atoms with Crippen molar-refractivity contribution in [2.75, 3.05) is 5.75 Å². The van der Waals surface area contributed by atoms with Gasteiger partial charge in [-0.25, -0.2) is 0 Å². The lowest BCUT2D eigenvalue weighted by molar-refractivity contribution is -0.384. The molecule has 0 unspecified atom stereocenters. The zero-order chi connectivity index (χ0) is 19.4. The molecular formula is C17H16N4O4S. The van der Waals surface area contributed by atoms with Crippen molar-refractivity contribution < 1.29 is 14.5 Å². The van der Waals surface area contributed by atoms with Crippen LogP contribution in [-0.4, -0.2) is 22.4 Å². The summed E-state index contributed by atoms with van der Waals surface area (Å²) in [5.74, 6) is -1.60. The smallest absolute Gasteiger partial charge is 0.269 e. The van der Waals surface area contributed by atoms with Crippen molar-refractivity contribution in [1.82, 2.24) is 5.32 Å². The Balaban J connectivity index is 2.64. The molecule has 0 radical (unpaired) electrons. The molecule has 0 spiro atoms. The van der Waals surface area contributed by atoms with E-state index in [1.54, 1.807) is 13.0 Å². The Morgan fingerprint density at radius 1 is 1.46 bits per heavy atom. The molecule has 2 rings (SSSR count). The molecule has 0 aliphatic carbocycles. The summed E-state index contributed by atoms with van der Waals surface area (Å²) >= 11 is 1.06. The van der Waals surface area contributed by atoms with Crippen LogP contribution in [0.5, 0.6) is 0 Å². The van der Waals surface area contributed by atoms with E-state index in [1.807, 2.05) is 0 Å². The predicted octanol–water partition coefficient (Wildman–Crippen LogP) is 2.10. The number of carbonyl (C=O) groups is 2. The Morgan fingerprint density at radius 2 is 2.15 bits per heavy atom. The van der Waals surface area contributed by atoms with Crippen LogP contribution >= 0.6 is 11.8 Å². The second-order valence-electron chi connectivity index (χ2n) is 5.61. The third-order valence-electron chi connectivity index (χ3n) is 3.80. The zero-order valence-corrected chi connectivity index (χ0v) is 14.9. The summed E-state index contributed by atoms with van der Waals surface area (Å²) in [4.78, 5) is 33.8. The first-order chi connectivity index (χ1) is 12.3. The van der Waals surface area contributed by atoms with E-state index in [0.717, 1.165) is 11.8 Å². The summed E-state index contributed by atoms with van der Waals surface area (Å²) < 4.78 is 0. The van der Waals surface area contributed by atoms with E-state index in [9.17, 15) is 25.0 Å². The molecule has 1 amide bonds. The van der Waals surface area contributed by atoms with Gasteiger partial charge in [-0.1, -0.05) is 23.9 Å². The summed E-state index contributed by atoms with van der Waals surface area (Å²) in [5.41, 5.74) is 6.59. The lowest BCUT2D eigenvalue weighted by Crippen LogP contribution is -2.28. The molecule has 1 aromatic carbocycles. The Morgan fingerprint density at radius 3 is 2.69 bits per heavy atom. The number of dihydropyridines is 1. The number of ketones is 1. The number of hydrogen-bond acceptors (Lipinski definition) is 7. The van der Waals surface area contributed by atoms with Crippen LogP contribution in [0, 0.1) is 21.4 Å². The topological polar surface area (TPSA) is 139 Å². The lowest BCUT2D eigenvalue weighted by Gasteiger charge is -2.29. The number of allylic oxidation sites excluding steroid dienone is 3. The maximum absolute atomic E-state index is 12.2. The van der Waals surface area contributed by atoms with Gasteiger partial charge in [0.25, 0.3) is 5.69 Å². The number of benzene rings is 1. The third kappa shape index (κ3) is 3.92. The number of non-ortho nitro benzene ring substituents is 1. The van der Waals surface area contributed by atoms with Crippen LogP contribution in [0.3, 0.4) is 0 Å². The number of thioether (sulfide) groups is 1. The molecule has 0 bridgehead atoms. The molecule has 0 fully saturated rings. The van der Waals surface area contributed by atoms with E-state index in [4.69, 9.17) is 5.73 Å². The first-order valence-electron chi connectivity index (χ1n) is 7.54. The lowest BCUT2D eigenvalue weighted by atomic mass is 9.81. The molecule has 9 heteroatoms. The third-order valence-corrected chi connectivity index (χ3v) is 4.84. The first kappa shape index (κ1) is 19.2. The molecule has 0 saturated carbocycles. The van der Waals surface area contributed by atoms with Crippen LogP contribution in [0.2, 0.25) is 0 Å². The minimum Gasteiger partial charge on any atom is -0.369 e. The first-order valence-corrected chi connectivity index (χ1v) is 8.53. The summed E-state index contributed by atoms with van der Waals surface area (Å²) in [7, 11) is 0. The number of nitro benzene ring substituents is 1. The van der Waals surface area contributed by atoms with Crippen molar-refractivity contribution in [2.24, 2.45) is 5.73 Å². The summed E-state index contributed by atoms with van der Waals surface area (Å²) in [5, 5.41) is 24.2. The Kier molecular flexibility index (Phi) is 5.79. The summed E-state index contributed by atoms with van der Waals surface area (Å²) in [6, 6.07) is 7.90. The highest BCUT2D eigenvalue weighted by Crippen LogP contribution is 2.41. The van der Waals surface area contributed by atoms with Gasteiger partial charge in [-0.05, 0) is 19.4 Å². The number of amides is 1. The van der Waals surface area contributed by atoms with Gasteiger partial charge in [0.2, 0.25) is 5.91 Å². The van der Waals surface area contributed by atoms with Gasteiger partial charge in [-0.2, -0.15) is 5.26 Å². The van der Waals surface area contributed by atoms with Crippen molar-refractivity contribution >= 4 is 29.1 Å². The van der Waals surface area contributed by atoms with Crippen molar-refractivity contribution in [3.8, 4) is 6.07 Å². The highest BCUT2D eigenvalue weighted by Gasteiger charge is 2.33. The van der Waals surface area contributed by atoms with Crippen molar-refractivity contribution in [3.05, 3.63) is 61.8 Å². The number of hydrogen-bond donors (Lipinski definition) is 2. The maximum atomic E-state index is 12.2. The summed E-state index contributed by atoms with van der Waals surface area (Å²) in [6.07, 6.45) is 0. The number of primary amides is 1. The van der Waals surface area contributed by atoms with Gasteiger partial charge < -0.3 is 11.1 Å². The SMILES string of the molecule is CC(=O)C1=C(C)NC(SCC(N)=O)=C(C#N)[C@H]1c1cccc([N+](=O)[O-])c1. The largest absolute Gasteiger partial charge is 0.369 e. The van der Waals surface area contributed by atoms with Gasteiger partial charge in [-0.3, -0.25) is 19.7 Å². The fourth-order valence-corrected chi connectivity index (χ4v) is 3.62. The van der Waals surface area contributed by atoms with Gasteiger partial charge in [0.15, 0.2) is 5.78 Å². The van der Waals surface area contributed by atoms with E-state index in [1.165, 1.54) is 25.1 Å². The van der Waals surface area contributed by atoms with Gasteiger partial charge in [0, 0.05) is 23.4 Å².